The third kappa shape index (κ3) is 7.62. The molecule has 2 aromatic carbocycles. The van der Waals surface area contributed by atoms with E-state index in [1.54, 1.807) is 27.8 Å². The van der Waals surface area contributed by atoms with E-state index in [9.17, 15) is 8.42 Å². The Morgan fingerprint density at radius 3 is 1.83 bits per heavy atom. The van der Waals surface area contributed by atoms with Crippen LogP contribution in [0, 0.1) is 0 Å². The summed E-state index contributed by atoms with van der Waals surface area (Å²) in [4.78, 5) is 4.23. The highest BCUT2D eigenvalue weighted by Gasteiger charge is 2.28. The van der Waals surface area contributed by atoms with Gasteiger partial charge in [0.15, 0.2) is 15.8 Å². The highest BCUT2D eigenvalue weighted by Crippen LogP contribution is 2.23. The summed E-state index contributed by atoms with van der Waals surface area (Å²) in [7, 11) is -1.48. The molecule has 0 unspecified atom stereocenters. The average Bonchev–Trinajstić information content (AvgIpc) is 2.67. The van der Waals surface area contributed by atoms with E-state index in [2.05, 4.69) is 39.9 Å². The maximum Gasteiger partial charge on any atom is 0.191 e. The van der Waals surface area contributed by atoms with Gasteiger partial charge in [0.05, 0.1) is 10.5 Å². The van der Waals surface area contributed by atoms with Gasteiger partial charge >= 0.3 is 0 Å². The first-order valence-corrected chi connectivity index (χ1v) is 11.2. The van der Waals surface area contributed by atoms with Crippen LogP contribution in [0.15, 0.2) is 65.7 Å². The summed E-state index contributed by atoms with van der Waals surface area (Å²) in [6, 6.07) is 20.6. The molecule has 0 saturated carbocycles. The first-order valence-electron chi connectivity index (χ1n) is 9.51. The van der Waals surface area contributed by atoms with Gasteiger partial charge in [0.1, 0.15) is 0 Å². The Bertz CT molecular complexity index is 824. The second kappa shape index (κ2) is 11.5. The van der Waals surface area contributed by atoms with Gasteiger partial charge in [-0.15, -0.1) is 24.0 Å². The number of nitrogens with one attached hydrogen (secondary N) is 2. The molecule has 0 heterocycles. The van der Waals surface area contributed by atoms with Gasteiger partial charge in [-0.2, -0.15) is 0 Å². The van der Waals surface area contributed by atoms with Crippen molar-refractivity contribution in [3.63, 3.8) is 0 Å². The number of aliphatic imine (C=N–C) groups is 1. The summed E-state index contributed by atoms with van der Waals surface area (Å²) in [5, 5.41) is 6.45. The largest absolute Gasteiger partial charge is 0.355 e. The summed E-state index contributed by atoms with van der Waals surface area (Å²) in [6.07, 6.45) is 0. The van der Waals surface area contributed by atoms with Crippen LogP contribution in [0.25, 0.3) is 0 Å². The third-order valence-electron chi connectivity index (χ3n) is 4.70. The van der Waals surface area contributed by atoms with Crippen LogP contribution in [-0.2, 0) is 9.84 Å². The second-order valence-corrected chi connectivity index (χ2v) is 10.5. The van der Waals surface area contributed by atoms with Crippen molar-refractivity contribution in [1.82, 2.24) is 10.6 Å². The first kappa shape index (κ1) is 25.4. The molecule has 7 heteroatoms. The Morgan fingerprint density at radius 2 is 1.41 bits per heavy atom. The number of nitrogens with zero attached hydrogens (tertiary/aromatic N) is 1. The number of hydrogen-bond acceptors (Lipinski definition) is 3. The number of benzene rings is 2. The molecule has 2 N–H and O–H groups in total. The number of guanidine groups is 1. The topological polar surface area (TPSA) is 70.6 Å². The molecule has 0 aliphatic rings. The quantitative estimate of drug-likeness (QED) is 0.325. The SMILES string of the molecule is CN=C(NCCS(=O)(=O)C(C)(C)C)NCC(c1ccccc1)c1ccccc1.I. The molecular weight excluding hydrogens is 497 g/mol. The Morgan fingerprint density at radius 1 is 0.931 bits per heavy atom. The van der Waals surface area contributed by atoms with Gasteiger partial charge in [-0.1, -0.05) is 60.7 Å². The zero-order valence-corrected chi connectivity index (χ0v) is 20.7. The van der Waals surface area contributed by atoms with Crippen LogP contribution in [0.2, 0.25) is 0 Å². The van der Waals surface area contributed by atoms with Crippen molar-refractivity contribution in [3.8, 4) is 0 Å². The maximum atomic E-state index is 12.3. The van der Waals surface area contributed by atoms with Crippen molar-refractivity contribution in [2.45, 2.75) is 31.4 Å². The van der Waals surface area contributed by atoms with Crippen molar-refractivity contribution < 1.29 is 8.42 Å². The smallest absolute Gasteiger partial charge is 0.191 e. The zero-order chi connectivity index (χ0) is 20.6. The second-order valence-electron chi connectivity index (χ2n) is 7.69. The van der Waals surface area contributed by atoms with Crippen molar-refractivity contribution >= 4 is 39.8 Å². The van der Waals surface area contributed by atoms with Gasteiger partial charge in [0.2, 0.25) is 0 Å². The Kier molecular flexibility index (Phi) is 10.1. The van der Waals surface area contributed by atoms with Gasteiger partial charge in [-0.05, 0) is 31.9 Å². The number of sulfone groups is 1. The molecule has 160 valence electrons. The highest BCUT2D eigenvalue weighted by atomic mass is 127. The fraction of sp³-hybridized carbons (Fsp3) is 0.409. The van der Waals surface area contributed by atoms with Crippen LogP contribution in [0.4, 0.5) is 0 Å². The number of hydrogen-bond donors (Lipinski definition) is 2. The lowest BCUT2D eigenvalue weighted by Gasteiger charge is -2.22. The summed E-state index contributed by atoms with van der Waals surface area (Å²) >= 11 is 0. The lowest BCUT2D eigenvalue weighted by Crippen LogP contribution is -2.43. The molecule has 0 bridgehead atoms. The minimum atomic E-state index is -3.16. The van der Waals surface area contributed by atoms with E-state index in [1.807, 2.05) is 36.4 Å². The van der Waals surface area contributed by atoms with Crippen LogP contribution in [-0.4, -0.2) is 45.0 Å². The average molecular weight is 529 g/mol. The Hall–Kier alpha value is -1.61. The minimum Gasteiger partial charge on any atom is -0.355 e. The highest BCUT2D eigenvalue weighted by molar-refractivity contribution is 14.0. The van der Waals surface area contributed by atoms with Gasteiger partial charge in [-0.25, -0.2) is 8.42 Å². The lowest BCUT2D eigenvalue weighted by atomic mass is 9.91. The summed E-state index contributed by atoms with van der Waals surface area (Å²) in [5.74, 6) is 0.832. The van der Waals surface area contributed by atoms with Crippen molar-refractivity contribution in [2.75, 3.05) is 25.9 Å². The number of rotatable bonds is 7. The molecule has 0 atom stereocenters. The van der Waals surface area contributed by atoms with Crippen molar-refractivity contribution in [2.24, 2.45) is 4.99 Å². The van der Waals surface area contributed by atoms with Gasteiger partial charge in [0, 0.05) is 26.1 Å². The molecule has 0 spiro atoms. The molecule has 0 amide bonds. The molecule has 0 aliphatic heterocycles. The predicted molar refractivity (Wildman–Crippen MR) is 133 cm³/mol. The molecule has 2 aromatic rings. The molecule has 0 fully saturated rings. The summed E-state index contributed by atoms with van der Waals surface area (Å²) in [6.45, 7) is 6.14. The third-order valence-corrected chi connectivity index (χ3v) is 7.30. The van der Waals surface area contributed by atoms with E-state index >= 15 is 0 Å². The van der Waals surface area contributed by atoms with Crippen LogP contribution >= 0.6 is 24.0 Å². The van der Waals surface area contributed by atoms with Crippen molar-refractivity contribution in [1.29, 1.82) is 0 Å². The van der Waals surface area contributed by atoms with Crippen molar-refractivity contribution in [3.05, 3.63) is 71.8 Å². The van der Waals surface area contributed by atoms with Gasteiger partial charge in [0.25, 0.3) is 0 Å². The minimum absolute atomic E-state index is 0. The van der Waals surface area contributed by atoms with Gasteiger partial charge < -0.3 is 10.6 Å². The maximum absolute atomic E-state index is 12.3. The summed E-state index contributed by atoms with van der Waals surface area (Å²) in [5.41, 5.74) is 2.43. The molecule has 0 saturated heterocycles. The molecule has 0 aliphatic carbocycles. The van der Waals surface area contributed by atoms with Crippen LogP contribution in [0.5, 0.6) is 0 Å². The molecule has 29 heavy (non-hydrogen) atoms. The first-order chi connectivity index (χ1) is 13.2. The van der Waals surface area contributed by atoms with E-state index in [1.165, 1.54) is 11.1 Å². The fourth-order valence-corrected chi connectivity index (χ4v) is 3.81. The lowest BCUT2D eigenvalue weighted by molar-refractivity contribution is 0.559. The molecule has 0 aromatic heterocycles. The van der Waals surface area contributed by atoms with E-state index in [0.717, 1.165) is 0 Å². The van der Waals surface area contributed by atoms with Gasteiger partial charge in [-0.3, -0.25) is 4.99 Å². The van der Waals surface area contributed by atoms with E-state index < -0.39 is 14.6 Å². The standard InChI is InChI=1S/C22H31N3O2S.HI/c1-22(2,3)28(26,27)16-15-24-21(23-4)25-17-20(18-11-7-5-8-12-18)19-13-9-6-10-14-19;/h5-14,20H,15-17H2,1-4H3,(H2,23,24,25);1H. The summed E-state index contributed by atoms with van der Waals surface area (Å²) < 4.78 is 23.8. The van der Waals surface area contributed by atoms with E-state index in [-0.39, 0.29) is 35.6 Å². The molecule has 2 rings (SSSR count). The monoisotopic (exact) mass is 529 g/mol. The molecular formula is C22H32IN3O2S. The van der Waals surface area contributed by atoms with E-state index in [4.69, 9.17) is 0 Å². The molecule has 0 radical (unpaired) electrons. The fourth-order valence-electron chi connectivity index (χ4n) is 2.83. The van der Waals surface area contributed by atoms with E-state index in [0.29, 0.717) is 19.0 Å². The number of halogens is 1. The van der Waals surface area contributed by atoms with Crippen LogP contribution in [0.3, 0.4) is 0 Å². The van der Waals surface area contributed by atoms with Crippen LogP contribution in [0.1, 0.15) is 37.8 Å². The normalized spacial score (nSPS) is 12.4. The predicted octanol–water partition coefficient (Wildman–Crippen LogP) is 3.81. The zero-order valence-electron chi connectivity index (χ0n) is 17.6. The molecule has 5 nitrogen and oxygen atoms in total. The Balaban J connectivity index is 0.00000420. The Labute approximate surface area is 192 Å². The van der Waals surface area contributed by atoms with Crippen LogP contribution < -0.4 is 10.6 Å².